The van der Waals surface area contributed by atoms with E-state index in [1.54, 1.807) is 7.11 Å². The van der Waals surface area contributed by atoms with Gasteiger partial charge in [0, 0.05) is 5.75 Å². The van der Waals surface area contributed by atoms with Gasteiger partial charge in [0.15, 0.2) is 0 Å². The molecule has 27 heavy (non-hydrogen) atoms. The Morgan fingerprint density at radius 3 is 2.41 bits per heavy atom. The van der Waals surface area contributed by atoms with Gasteiger partial charge >= 0.3 is 0 Å². The molecule has 0 heterocycles. The van der Waals surface area contributed by atoms with Crippen molar-refractivity contribution in [2.75, 3.05) is 31.8 Å². The fourth-order valence-electron chi connectivity index (χ4n) is 2.71. The van der Waals surface area contributed by atoms with Crippen LogP contribution in [-0.4, -0.2) is 38.0 Å². The predicted molar refractivity (Wildman–Crippen MR) is 118 cm³/mol. The first-order chi connectivity index (χ1) is 13.2. The highest BCUT2D eigenvalue weighted by Crippen LogP contribution is 2.28. The Labute approximate surface area is 169 Å². The minimum Gasteiger partial charge on any atom is -0.493 e. The standard InChI is InChI=1S/C22H35NO3S/c1-5-6-13-25-21-17-19(2)22(20(3)18-21)26-14-10-8-7-9-11-15-27-16-12-23-24-4/h5-6,12,17-18H,7-11,13-16H2,1-4H3/b6-5+,23-12+. The van der Waals surface area contributed by atoms with Crippen LogP contribution in [0, 0.1) is 13.8 Å². The monoisotopic (exact) mass is 393 g/mol. The Bertz CT molecular complexity index is 550. The van der Waals surface area contributed by atoms with Crippen LogP contribution in [0.2, 0.25) is 0 Å². The molecule has 4 nitrogen and oxygen atoms in total. The van der Waals surface area contributed by atoms with Crippen molar-refractivity contribution in [3.63, 3.8) is 0 Å². The average molecular weight is 394 g/mol. The van der Waals surface area contributed by atoms with E-state index >= 15 is 0 Å². The molecule has 152 valence electrons. The molecule has 1 aromatic carbocycles. The Morgan fingerprint density at radius 1 is 1.00 bits per heavy atom. The van der Waals surface area contributed by atoms with E-state index < -0.39 is 0 Å². The molecule has 0 fully saturated rings. The topological polar surface area (TPSA) is 40.0 Å². The van der Waals surface area contributed by atoms with Crippen molar-refractivity contribution in [2.24, 2.45) is 5.16 Å². The molecule has 0 saturated heterocycles. The molecule has 0 aliphatic heterocycles. The second kappa shape index (κ2) is 15.4. The van der Waals surface area contributed by atoms with Gasteiger partial charge in [-0.2, -0.15) is 11.8 Å². The summed E-state index contributed by atoms with van der Waals surface area (Å²) >= 11 is 1.90. The third-order valence-electron chi connectivity index (χ3n) is 4.07. The average Bonchev–Trinajstić information content (AvgIpc) is 2.64. The summed E-state index contributed by atoms with van der Waals surface area (Å²) in [5, 5.41) is 3.73. The highest BCUT2D eigenvalue weighted by atomic mass is 32.2. The van der Waals surface area contributed by atoms with Gasteiger partial charge < -0.3 is 14.3 Å². The lowest BCUT2D eigenvalue weighted by atomic mass is 10.1. The van der Waals surface area contributed by atoms with Gasteiger partial charge in [0.25, 0.3) is 0 Å². The summed E-state index contributed by atoms with van der Waals surface area (Å²) < 4.78 is 11.8. The van der Waals surface area contributed by atoms with Gasteiger partial charge in [-0.15, -0.1) is 0 Å². The van der Waals surface area contributed by atoms with Crippen molar-refractivity contribution in [2.45, 2.75) is 52.9 Å². The fraction of sp³-hybridized carbons (Fsp3) is 0.591. The number of hydrogen-bond donors (Lipinski definition) is 0. The van der Waals surface area contributed by atoms with E-state index in [0.29, 0.717) is 6.61 Å². The number of aryl methyl sites for hydroxylation is 2. The molecular formula is C22H35NO3S. The molecule has 0 amide bonds. The molecule has 0 bridgehead atoms. The lowest BCUT2D eigenvalue weighted by molar-refractivity contribution is 0.215. The summed E-state index contributed by atoms with van der Waals surface area (Å²) in [6.07, 6.45) is 11.9. The highest BCUT2D eigenvalue weighted by molar-refractivity contribution is 7.99. The van der Waals surface area contributed by atoms with Crippen LogP contribution in [0.4, 0.5) is 0 Å². The van der Waals surface area contributed by atoms with E-state index in [0.717, 1.165) is 41.4 Å². The van der Waals surface area contributed by atoms with Gasteiger partial charge in [-0.1, -0.05) is 36.6 Å². The van der Waals surface area contributed by atoms with Crippen molar-refractivity contribution in [3.05, 3.63) is 35.4 Å². The van der Waals surface area contributed by atoms with Crippen LogP contribution in [-0.2, 0) is 4.84 Å². The van der Waals surface area contributed by atoms with Gasteiger partial charge in [-0.05, 0) is 62.6 Å². The molecule has 1 rings (SSSR count). The maximum atomic E-state index is 6.03. The summed E-state index contributed by atoms with van der Waals surface area (Å²) in [7, 11) is 1.57. The molecular weight excluding hydrogens is 358 g/mol. The first-order valence-corrected chi connectivity index (χ1v) is 10.9. The smallest absolute Gasteiger partial charge is 0.125 e. The van der Waals surface area contributed by atoms with Crippen LogP contribution >= 0.6 is 11.8 Å². The van der Waals surface area contributed by atoms with Crippen LogP contribution < -0.4 is 9.47 Å². The van der Waals surface area contributed by atoms with Crippen LogP contribution in [0.1, 0.15) is 50.2 Å². The van der Waals surface area contributed by atoms with Gasteiger partial charge in [0.2, 0.25) is 0 Å². The van der Waals surface area contributed by atoms with Gasteiger partial charge in [-0.25, -0.2) is 0 Å². The summed E-state index contributed by atoms with van der Waals surface area (Å²) in [5.41, 5.74) is 2.28. The molecule has 0 atom stereocenters. The first kappa shape index (κ1) is 23.4. The van der Waals surface area contributed by atoms with Crippen molar-refractivity contribution >= 4 is 18.0 Å². The number of thioether (sulfide) groups is 1. The van der Waals surface area contributed by atoms with Crippen LogP contribution in [0.15, 0.2) is 29.4 Å². The second-order valence-corrected chi connectivity index (χ2v) is 7.58. The summed E-state index contributed by atoms with van der Waals surface area (Å²) in [5.74, 6) is 4.02. The number of ether oxygens (including phenoxy) is 2. The van der Waals surface area contributed by atoms with Gasteiger partial charge in [-0.3, -0.25) is 0 Å². The zero-order valence-electron chi connectivity index (χ0n) is 17.3. The van der Waals surface area contributed by atoms with Crippen LogP contribution in [0.5, 0.6) is 11.5 Å². The zero-order chi connectivity index (χ0) is 19.7. The lowest BCUT2D eigenvalue weighted by Gasteiger charge is -2.14. The minimum absolute atomic E-state index is 0.606. The Kier molecular flexibility index (Phi) is 13.4. The molecule has 0 aromatic heterocycles. The number of allylic oxidation sites excluding steroid dienone is 1. The molecule has 0 spiro atoms. The van der Waals surface area contributed by atoms with Crippen molar-refractivity contribution in [1.29, 1.82) is 0 Å². The molecule has 0 N–H and O–H groups in total. The molecule has 0 saturated carbocycles. The number of benzene rings is 1. The molecule has 1 aromatic rings. The van der Waals surface area contributed by atoms with Gasteiger partial charge in [0.05, 0.1) is 12.8 Å². The maximum absolute atomic E-state index is 6.03. The van der Waals surface area contributed by atoms with E-state index in [1.807, 2.05) is 37.1 Å². The quantitative estimate of drug-likeness (QED) is 0.160. The van der Waals surface area contributed by atoms with E-state index in [-0.39, 0.29) is 0 Å². The lowest BCUT2D eigenvalue weighted by Crippen LogP contribution is -2.02. The normalized spacial score (nSPS) is 11.4. The number of unbranched alkanes of at least 4 members (excludes halogenated alkanes) is 4. The third-order valence-corrected chi connectivity index (χ3v) is 5.03. The van der Waals surface area contributed by atoms with Crippen LogP contribution in [0.25, 0.3) is 0 Å². The Morgan fingerprint density at radius 2 is 1.70 bits per heavy atom. The van der Waals surface area contributed by atoms with E-state index in [1.165, 1.54) is 31.4 Å². The summed E-state index contributed by atoms with van der Waals surface area (Å²) in [4.78, 5) is 4.63. The van der Waals surface area contributed by atoms with Gasteiger partial charge in [0.1, 0.15) is 25.2 Å². The molecule has 0 radical (unpaired) electrons. The SMILES string of the molecule is C/C=C/COc1cc(C)c(OCCCCCCCSC/C=N/OC)c(C)c1. The predicted octanol–water partition coefficient (Wildman–Crippen LogP) is 5.95. The molecule has 0 unspecified atom stereocenters. The zero-order valence-corrected chi connectivity index (χ0v) is 18.1. The van der Waals surface area contributed by atoms with E-state index in [4.69, 9.17) is 9.47 Å². The third kappa shape index (κ3) is 11.0. The molecule has 5 heteroatoms. The number of hydrogen-bond acceptors (Lipinski definition) is 5. The molecule has 0 aliphatic rings. The number of nitrogens with zero attached hydrogens (tertiary/aromatic N) is 1. The Balaban J connectivity index is 2.15. The summed E-state index contributed by atoms with van der Waals surface area (Å²) in [6.45, 7) is 7.55. The minimum atomic E-state index is 0.606. The largest absolute Gasteiger partial charge is 0.493 e. The fourth-order valence-corrected chi connectivity index (χ4v) is 3.46. The van der Waals surface area contributed by atoms with Crippen molar-refractivity contribution in [1.82, 2.24) is 0 Å². The number of rotatable bonds is 15. The van der Waals surface area contributed by atoms with Crippen LogP contribution in [0.3, 0.4) is 0 Å². The molecule has 0 aliphatic carbocycles. The van der Waals surface area contributed by atoms with E-state index in [9.17, 15) is 0 Å². The highest BCUT2D eigenvalue weighted by Gasteiger charge is 2.07. The van der Waals surface area contributed by atoms with Crippen molar-refractivity contribution in [3.8, 4) is 11.5 Å². The Hall–Kier alpha value is -1.62. The van der Waals surface area contributed by atoms with Crippen molar-refractivity contribution < 1.29 is 14.3 Å². The maximum Gasteiger partial charge on any atom is 0.125 e. The number of oxime groups is 1. The van der Waals surface area contributed by atoms with E-state index in [2.05, 4.69) is 36.0 Å². The summed E-state index contributed by atoms with van der Waals surface area (Å²) in [6, 6.07) is 4.11. The first-order valence-electron chi connectivity index (χ1n) is 9.79. The second-order valence-electron chi connectivity index (χ2n) is 6.43.